The number of pyridine rings is 1. The van der Waals surface area contributed by atoms with Gasteiger partial charge in [-0.2, -0.15) is 0 Å². The minimum Gasteiger partial charge on any atom is -0.352 e. The summed E-state index contributed by atoms with van der Waals surface area (Å²) in [6.45, 7) is 0.495. The molecule has 0 saturated carbocycles. The molecule has 0 bridgehead atoms. The van der Waals surface area contributed by atoms with Gasteiger partial charge >= 0.3 is 0 Å². The summed E-state index contributed by atoms with van der Waals surface area (Å²) in [7, 11) is 0. The van der Waals surface area contributed by atoms with Crippen LogP contribution >= 0.6 is 34.2 Å². The molecule has 0 aliphatic rings. The van der Waals surface area contributed by atoms with Crippen LogP contribution in [0.2, 0.25) is 5.15 Å². The van der Waals surface area contributed by atoms with E-state index in [1.54, 1.807) is 6.07 Å². The van der Waals surface area contributed by atoms with Gasteiger partial charge in [0.1, 0.15) is 11.0 Å². The van der Waals surface area contributed by atoms with Gasteiger partial charge in [0.25, 0.3) is 5.91 Å². The van der Waals surface area contributed by atoms with E-state index in [1.807, 2.05) is 46.9 Å². The molecule has 7 heteroatoms. The van der Waals surface area contributed by atoms with Gasteiger partial charge in [-0.25, -0.2) is 9.97 Å². The minimum absolute atomic E-state index is 0.162. The summed E-state index contributed by atoms with van der Waals surface area (Å²) in [5.41, 5.74) is 2.46. The molecule has 1 aromatic carbocycles. The number of carbonyl (C=O) groups is 1. The summed E-state index contributed by atoms with van der Waals surface area (Å²) in [6.07, 6.45) is 2.16. The number of aromatic amines is 1. The molecule has 22 heavy (non-hydrogen) atoms. The number of carbonyl (C=O) groups excluding carboxylic acids is 1. The molecular formula is C15H12ClIN4O. The Labute approximate surface area is 145 Å². The molecule has 0 unspecified atom stereocenters. The van der Waals surface area contributed by atoms with Crippen LogP contribution in [0.5, 0.6) is 0 Å². The van der Waals surface area contributed by atoms with Crippen LogP contribution in [-0.4, -0.2) is 27.4 Å². The molecule has 112 valence electrons. The fourth-order valence-electron chi connectivity index (χ4n) is 2.11. The van der Waals surface area contributed by atoms with Crippen molar-refractivity contribution < 1.29 is 4.79 Å². The maximum absolute atomic E-state index is 12.1. The number of para-hydroxylation sites is 2. The average molecular weight is 427 g/mol. The summed E-state index contributed by atoms with van der Waals surface area (Å²) in [5.74, 6) is 0.689. The number of fused-ring (bicyclic) bond motifs is 1. The molecule has 2 N–H and O–H groups in total. The predicted molar refractivity (Wildman–Crippen MR) is 94.1 cm³/mol. The van der Waals surface area contributed by atoms with Gasteiger partial charge in [-0.15, -0.1) is 0 Å². The van der Waals surface area contributed by atoms with Crippen LogP contribution in [0, 0.1) is 3.57 Å². The van der Waals surface area contributed by atoms with Crippen molar-refractivity contribution >= 4 is 51.1 Å². The van der Waals surface area contributed by atoms with Gasteiger partial charge < -0.3 is 10.3 Å². The highest BCUT2D eigenvalue weighted by atomic mass is 127. The Hall–Kier alpha value is -1.67. The molecule has 0 aliphatic heterocycles. The number of hydrogen-bond donors (Lipinski definition) is 2. The molecule has 0 saturated heterocycles. The van der Waals surface area contributed by atoms with E-state index >= 15 is 0 Å². The van der Waals surface area contributed by atoms with Crippen molar-refractivity contribution in [1.82, 2.24) is 20.3 Å². The highest BCUT2D eigenvalue weighted by molar-refractivity contribution is 14.1. The standard InChI is InChI=1S/C15H12ClIN4O/c16-14-13(17)9(5-7-18-14)15(22)19-8-6-12-20-10-3-1-2-4-11(10)21-12/h1-5,7H,6,8H2,(H,19,22)(H,20,21). The molecule has 3 rings (SSSR count). The van der Waals surface area contributed by atoms with E-state index in [1.165, 1.54) is 6.20 Å². The van der Waals surface area contributed by atoms with E-state index in [-0.39, 0.29) is 5.91 Å². The number of nitrogens with one attached hydrogen (secondary N) is 2. The van der Waals surface area contributed by atoms with Gasteiger partial charge in [0.2, 0.25) is 0 Å². The van der Waals surface area contributed by atoms with Crippen LogP contribution < -0.4 is 5.32 Å². The van der Waals surface area contributed by atoms with E-state index in [0.717, 1.165) is 16.9 Å². The number of nitrogens with zero attached hydrogens (tertiary/aromatic N) is 2. The third-order valence-electron chi connectivity index (χ3n) is 3.18. The molecule has 0 fully saturated rings. The Morgan fingerprint density at radius 2 is 2.14 bits per heavy atom. The van der Waals surface area contributed by atoms with Crippen molar-refractivity contribution in [2.75, 3.05) is 6.54 Å². The quantitative estimate of drug-likeness (QED) is 0.497. The molecule has 0 atom stereocenters. The third kappa shape index (κ3) is 3.22. The summed E-state index contributed by atoms with van der Waals surface area (Å²) in [5, 5.41) is 3.21. The minimum atomic E-state index is -0.162. The summed E-state index contributed by atoms with van der Waals surface area (Å²) < 4.78 is 0.656. The third-order valence-corrected chi connectivity index (χ3v) is 4.87. The topological polar surface area (TPSA) is 70.7 Å². The van der Waals surface area contributed by atoms with Gasteiger partial charge in [0.15, 0.2) is 0 Å². The van der Waals surface area contributed by atoms with E-state index in [4.69, 9.17) is 11.6 Å². The van der Waals surface area contributed by atoms with Crippen molar-refractivity contribution in [3.63, 3.8) is 0 Å². The van der Waals surface area contributed by atoms with Crippen LogP contribution in [0.3, 0.4) is 0 Å². The maximum atomic E-state index is 12.1. The lowest BCUT2D eigenvalue weighted by molar-refractivity contribution is 0.0953. The highest BCUT2D eigenvalue weighted by Crippen LogP contribution is 2.19. The zero-order valence-corrected chi connectivity index (χ0v) is 14.4. The van der Waals surface area contributed by atoms with Gasteiger partial charge in [-0.05, 0) is 40.8 Å². The normalized spacial score (nSPS) is 10.8. The van der Waals surface area contributed by atoms with E-state index in [2.05, 4.69) is 20.3 Å². The monoisotopic (exact) mass is 426 g/mol. The average Bonchev–Trinajstić information content (AvgIpc) is 2.92. The summed E-state index contributed by atoms with van der Waals surface area (Å²) in [4.78, 5) is 23.8. The zero-order valence-electron chi connectivity index (χ0n) is 11.4. The molecular weight excluding hydrogens is 415 g/mol. The number of H-pyrrole nitrogens is 1. The summed E-state index contributed by atoms with van der Waals surface area (Å²) in [6, 6.07) is 9.50. The lowest BCUT2D eigenvalue weighted by Crippen LogP contribution is -2.26. The second-order valence-electron chi connectivity index (χ2n) is 4.67. The van der Waals surface area contributed by atoms with Gasteiger partial charge in [0.05, 0.1) is 20.2 Å². The second-order valence-corrected chi connectivity index (χ2v) is 6.11. The Morgan fingerprint density at radius 1 is 1.32 bits per heavy atom. The molecule has 0 radical (unpaired) electrons. The first-order valence-corrected chi connectivity index (χ1v) is 8.12. The first-order valence-electron chi connectivity index (χ1n) is 6.67. The largest absolute Gasteiger partial charge is 0.352 e. The Kier molecular flexibility index (Phi) is 4.58. The Morgan fingerprint density at radius 3 is 2.95 bits per heavy atom. The van der Waals surface area contributed by atoms with E-state index in [9.17, 15) is 4.79 Å². The first-order chi connectivity index (χ1) is 10.6. The molecule has 0 aliphatic carbocycles. The SMILES string of the molecule is O=C(NCCc1nc2ccccc2[nH]1)c1ccnc(Cl)c1I. The van der Waals surface area contributed by atoms with E-state index < -0.39 is 0 Å². The smallest absolute Gasteiger partial charge is 0.252 e. The van der Waals surface area contributed by atoms with Gasteiger partial charge in [0, 0.05) is 19.2 Å². The molecule has 0 spiro atoms. The van der Waals surface area contributed by atoms with Gasteiger partial charge in [-0.3, -0.25) is 4.79 Å². The van der Waals surface area contributed by atoms with Crippen LogP contribution in [0.1, 0.15) is 16.2 Å². The molecule has 2 heterocycles. The molecule has 1 amide bonds. The van der Waals surface area contributed by atoms with Crippen LogP contribution in [0.25, 0.3) is 11.0 Å². The molecule has 2 aromatic heterocycles. The predicted octanol–water partition coefficient (Wildman–Crippen LogP) is 3.19. The second kappa shape index (κ2) is 6.62. The molecule has 3 aromatic rings. The Balaban J connectivity index is 1.63. The number of benzene rings is 1. The number of halogens is 2. The zero-order chi connectivity index (χ0) is 15.5. The van der Waals surface area contributed by atoms with Crippen molar-refractivity contribution in [3.8, 4) is 0 Å². The van der Waals surface area contributed by atoms with Crippen LogP contribution in [0.4, 0.5) is 0 Å². The van der Waals surface area contributed by atoms with Crippen LogP contribution in [0.15, 0.2) is 36.5 Å². The number of amides is 1. The fraction of sp³-hybridized carbons (Fsp3) is 0.133. The number of rotatable bonds is 4. The van der Waals surface area contributed by atoms with E-state index in [0.29, 0.717) is 27.3 Å². The molecule has 5 nitrogen and oxygen atoms in total. The Bertz CT molecular complexity index is 800. The lowest BCUT2D eigenvalue weighted by atomic mass is 10.2. The highest BCUT2D eigenvalue weighted by Gasteiger charge is 2.12. The van der Waals surface area contributed by atoms with Crippen molar-refractivity contribution in [3.05, 3.63) is 56.6 Å². The lowest BCUT2D eigenvalue weighted by Gasteiger charge is -2.06. The fourth-order valence-corrected chi connectivity index (χ4v) is 2.83. The number of aromatic nitrogens is 3. The van der Waals surface area contributed by atoms with Crippen molar-refractivity contribution in [1.29, 1.82) is 0 Å². The van der Waals surface area contributed by atoms with Gasteiger partial charge in [-0.1, -0.05) is 23.7 Å². The van der Waals surface area contributed by atoms with Crippen LogP contribution in [-0.2, 0) is 6.42 Å². The van der Waals surface area contributed by atoms with Crippen molar-refractivity contribution in [2.45, 2.75) is 6.42 Å². The number of imidazole rings is 1. The maximum Gasteiger partial charge on any atom is 0.252 e. The van der Waals surface area contributed by atoms with Crippen molar-refractivity contribution in [2.24, 2.45) is 0 Å². The summed E-state index contributed by atoms with van der Waals surface area (Å²) >= 11 is 7.94. The number of hydrogen-bond acceptors (Lipinski definition) is 3. The first kappa shape index (κ1) is 15.2.